The van der Waals surface area contributed by atoms with Crippen LogP contribution in [0, 0.1) is 29.5 Å². The summed E-state index contributed by atoms with van der Waals surface area (Å²) in [5.74, 6) is 7.47. The van der Waals surface area contributed by atoms with Crippen molar-refractivity contribution in [3.05, 3.63) is 94.8 Å². The molecule has 1 aliphatic rings. The van der Waals surface area contributed by atoms with E-state index in [1.807, 2.05) is 30.3 Å². The van der Waals surface area contributed by atoms with Gasteiger partial charge in [0.1, 0.15) is 5.82 Å². The van der Waals surface area contributed by atoms with Crippen LogP contribution >= 0.6 is 11.6 Å². The van der Waals surface area contributed by atoms with Crippen molar-refractivity contribution in [1.82, 2.24) is 0 Å². The molecule has 1 aliphatic carbocycles. The van der Waals surface area contributed by atoms with E-state index in [-0.39, 0.29) is 5.82 Å². The molecule has 0 amide bonds. The van der Waals surface area contributed by atoms with Gasteiger partial charge in [-0.3, -0.25) is 0 Å². The summed E-state index contributed by atoms with van der Waals surface area (Å²) in [4.78, 5) is 0. The van der Waals surface area contributed by atoms with Gasteiger partial charge in [0.05, 0.1) is 5.56 Å². The molecular formula is C30H30ClF. The van der Waals surface area contributed by atoms with Crippen LogP contribution in [0.3, 0.4) is 0 Å². The van der Waals surface area contributed by atoms with Gasteiger partial charge in [0.25, 0.3) is 0 Å². The Morgan fingerprint density at radius 2 is 1.62 bits per heavy atom. The van der Waals surface area contributed by atoms with Gasteiger partial charge in [-0.1, -0.05) is 79.5 Å². The van der Waals surface area contributed by atoms with Crippen LogP contribution in [0.25, 0.3) is 10.8 Å². The zero-order chi connectivity index (χ0) is 22.3. The largest absolute Gasteiger partial charge is 0.205 e. The van der Waals surface area contributed by atoms with Gasteiger partial charge in [-0.15, -0.1) is 6.58 Å². The minimum Gasteiger partial charge on any atom is -0.205 e. The molecule has 0 radical (unpaired) electrons. The van der Waals surface area contributed by atoms with Gasteiger partial charge in [-0.2, -0.15) is 0 Å². The van der Waals surface area contributed by atoms with Crippen LogP contribution in [0.2, 0.25) is 5.02 Å². The average molecular weight is 445 g/mol. The number of halogens is 2. The Kier molecular flexibility index (Phi) is 7.67. The lowest BCUT2D eigenvalue weighted by molar-refractivity contribution is 0.254. The normalized spacial score (nSPS) is 18.2. The summed E-state index contributed by atoms with van der Waals surface area (Å²) in [5.41, 5.74) is 2.54. The molecule has 0 unspecified atom stereocenters. The summed E-state index contributed by atoms with van der Waals surface area (Å²) in [6.07, 6.45) is 12.2. The molecule has 3 aromatic carbocycles. The van der Waals surface area contributed by atoms with E-state index >= 15 is 4.39 Å². The predicted molar refractivity (Wildman–Crippen MR) is 135 cm³/mol. The fraction of sp³-hybridized carbons (Fsp3) is 0.333. The Labute approximate surface area is 196 Å². The standard InChI is InChI=1S/C30H30ClF/c1-2-3-4-22-5-7-23(8-6-22)9-10-25-14-20-29-27(21-25)17-16-26(30(29)32)15-11-24-12-18-28(31)19-13-24/h2,12-14,16-23H,1,3-10H2. The molecule has 164 valence electrons. The average Bonchev–Trinajstić information content (AvgIpc) is 2.82. The smallest absolute Gasteiger partial charge is 0.146 e. The first-order valence-electron chi connectivity index (χ1n) is 11.7. The maximum absolute atomic E-state index is 15.0. The van der Waals surface area contributed by atoms with Crippen molar-refractivity contribution in [2.24, 2.45) is 11.8 Å². The minimum absolute atomic E-state index is 0.242. The fourth-order valence-electron chi connectivity index (χ4n) is 4.80. The number of hydrogen-bond acceptors (Lipinski definition) is 0. The van der Waals surface area contributed by atoms with E-state index < -0.39 is 0 Å². The molecule has 0 saturated heterocycles. The predicted octanol–water partition coefficient (Wildman–Crippen LogP) is 8.74. The molecule has 0 heterocycles. The van der Waals surface area contributed by atoms with E-state index in [0.29, 0.717) is 16.0 Å². The van der Waals surface area contributed by atoms with Gasteiger partial charge >= 0.3 is 0 Å². The molecule has 0 atom stereocenters. The van der Waals surface area contributed by atoms with Crippen LogP contribution in [-0.2, 0) is 6.42 Å². The Balaban J connectivity index is 1.39. The van der Waals surface area contributed by atoms with Crippen LogP contribution in [0.4, 0.5) is 4.39 Å². The molecule has 0 aliphatic heterocycles. The van der Waals surface area contributed by atoms with Gasteiger partial charge in [0, 0.05) is 16.0 Å². The van der Waals surface area contributed by atoms with Crippen molar-refractivity contribution >= 4 is 22.4 Å². The van der Waals surface area contributed by atoms with E-state index in [2.05, 4.69) is 30.6 Å². The number of aryl methyl sites for hydroxylation is 1. The van der Waals surface area contributed by atoms with Crippen LogP contribution in [0.5, 0.6) is 0 Å². The van der Waals surface area contributed by atoms with E-state index in [9.17, 15) is 0 Å². The Morgan fingerprint density at radius 3 is 2.34 bits per heavy atom. The van der Waals surface area contributed by atoms with E-state index in [1.165, 1.54) is 44.1 Å². The number of hydrogen-bond donors (Lipinski definition) is 0. The molecule has 0 spiro atoms. The highest BCUT2D eigenvalue weighted by atomic mass is 35.5. The lowest BCUT2D eigenvalue weighted by Crippen LogP contribution is -2.15. The molecular weight excluding hydrogens is 415 g/mol. The monoisotopic (exact) mass is 444 g/mol. The zero-order valence-corrected chi connectivity index (χ0v) is 19.3. The third kappa shape index (κ3) is 5.81. The van der Waals surface area contributed by atoms with Crippen molar-refractivity contribution in [3.63, 3.8) is 0 Å². The molecule has 2 heteroatoms. The van der Waals surface area contributed by atoms with Gasteiger partial charge in [0.15, 0.2) is 0 Å². The summed E-state index contributed by atoms with van der Waals surface area (Å²) in [6, 6.07) is 17.2. The van der Waals surface area contributed by atoms with Crippen molar-refractivity contribution in [1.29, 1.82) is 0 Å². The zero-order valence-electron chi connectivity index (χ0n) is 18.5. The maximum atomic E-state index is 15.0. The lowest BCUT2D eigenvalue weighted by Gasteiger charge is -2.28. The first-order chi connectivity index (χ1) is 15.6. The highest BCUT2D eigenvalue weighted by Gasteiger charge is 2.20. The first-order valence-corrected chi connectivity index (χ1v) is 12.1. The first kappa shape index (κ1) is 22.6. The van der Waals surface area contributed by atoms with Gasteiger partial charge < -0.3 is 0 Å². The number of rotatable bonds is 6. The molecule has 32 heavy (non-hydrogen) atoms. The second kappa shape index (κ2) is 10.8. The van der Waals surface area contributed by atoms with E-state index in [4.69, 9.17) is 11.6 Å². The van der Waals surface area contributed by atoms with E-state index in [1.54, 1.807) is 18.2 Å². The Morgan fingerprint density at radius 1 is 0.906 bits per heavy atom. The summed E-state index contributed by atoms with van der Waals surface area (Å²) >= 11 is 5.91. The molecule has 0 bridgehead atoms. The molecule has 0 nitrogen and oxygen atoms in total. The third-order valence-corrected chi connectivity index (χ3v) is 7.04. The summed E-state index contributed by atoms with van der Waals surface area (Å²) in [7, 11) is 0. The van der Waals surface area contributed by atoms with Crippen LogP contribution in [0.1, 0.15) is 61.6 Å². The molecule has 0 aromatic heterocycles. The Bertz CT molecular complexity index is 1130. The molecule has 4 rings (SSSR count). The molecule has 0 N–H and O–H groups in total. The van der Waals surface area contributed by atoms with Gasteiger partial charge in [-0.05, 0) is 78.8 Å². The van der Waals surface area contributed by atoms with Crippen LogP contribution < -0.4 is 0 Å². The SMILES string of the molecule is C=CCCC1CCC(CCc2ccc3c(F)c(C#Cc4ccc(Cl)cc4)ccc3c2)CC1. The number of fused-ring (bicyclic) bond motifs is 1. The summed E-state index contributed by atoms with van der Waals surface area (Å²) in [5, 5.41) is 2.25. The number of benzene rings is 3. The second-order valence-corrected chi connectivity index (χ2v) is 9.47. The topological polar surface area (TPSA) is 0 Å². The van der Waals surface area contributed by atoms with Crippen molar-refractivity contribution in [2.75, 3.05) is 0 Å². The van der Waals surface area contributed by atoms with Gasteiger partial charge in [0.2, 0.25) is 0 Å². The van der Waals surface area contributed by atoms with Gasteiger partial charge in [-0.25, -0.2) is 4.39 Å². The van der Waals surface area contributed by atoms with Crippen LogP contribution in [-0.4, -0.2) is 0 Å². The second-order valence-electron chi connectivity index (χ2n) is 9.03. The summed E-state index contributed by atoms with van der Waals surface area (Å²) in [6.45, 7) is 3.85. The minimum atomic E-state index is -0.242. The lowest BCUT2D eigenvalue weighted by atomic mass is 9.78. The van der Waals surface area contributed by atoms with E-state index in [0.717, 1.165) is 35.6 Å². The highest BCUT2D eigenvalue weighted by Crippen LogP contribution is 2.34. The van der Waals surface area contributed by atoms with Crippen molar-refractivity contribution in [3.8, 4) is 11.8 Å². The van der Waals surface area contributed by atoms with Crippen molar-refractivity contribution in [2.45, 2.75) is 51.4 Å². The Hall–Kier alpha value is -2.56. The summed E-state index contributed by atoms with van der Waals surface area (Å²) < 4.78 is 15.0. The highest BCUT2D eigenvalue weighted by molar-refractivity contribution is 6.30. The molecule has 3 aromatic rings. The molecule has 1 saturated carbocycles. The molecule has 1 fully saturated rings. The fourth-order valence-corrected chi connectivity index (χ4v) is 4.93. The maximum Gasteiger partial charge on any atom is 0.146 e. The number of allylic oxidation sites excluding steroid dienone is 1. The van der Waals surface area contributed by atoms with Crippen molar-refractivity contribution < 1.29 is 4.39 Å². The third-order valence-electron chi connectivity index (χ3n) is 6.79. The van der Waals surface area contributed by atoms with Crippen LogP contribution in [0.15, 0.2) is 67.3 Å². The quantitative estimate of drug-likeness (QED) is 0.263.